The highest BCUT2D eigenvalue weighted by atomic mass is 16.3. The van der Waals surface area contributed by atoms with E-state index < -0.39 is 5.54 Å². The van der Waals surface area contributed by atoms with Crippen molar-refractivity contribution in [1.29, 1.82) is 0 Å². The van der Waals surface area contributed by atoms with Gasteiger partial charge < -0.3 is 10.0 Å². The first-order valence-electron chi connectivity index (χ1n) is 11.0. The third kappa shape index (κ3) is 3.61. The molecular weight excluding hydrogens is 396 g/mol. The van der Waals surface area contributed by atoms with Crippen molar-refractivity contribution in [3.8, 4) is 0 Å². The minimum absolute atomic E-state index is 0.388. The number of nitrogens with zero attached hydrogens (tertiary/aromatic N) is 3. The highest BCUT2D eigenvalue weighted by Gasteiger charge is 2.44. The van der Waals surface area contributed by atoms with E-state index in [0.717, 1.165) is 5.70 Å². The molecular formula is C27H26N4O. The molecule has 1 saturated heterocycles. The molecule has 5 heteroatoms. The van der Waals surface area contributed by atoms with E-state index >= 15 is 0 Å². The number of aromatic amines is 1. The lowest BCUT2D eigenvalue weighted by Gasteiger charge is -2.50. The van der Waals surface area contributed by atoms with E-state index in [9.17, 15) is 5.11 Å². The molecule has 2 N–H and O–H groups in total. The highest BCUT2D eigenvalue weighted by Crippen LogP contribution is 2.46. The molecule has 5 rings (SSSR count). The lowest BCUT2D eigenvalue weighted by Crippen LogP contribution is -2.51. The summed E-state index contributed by atoms with van der Waals surface area (Å²) in [6, 6.07) is 31.9. The van der Waals surface area contributed by atoms with Gasteiger partial charge in [0.2, 0.25) is 0 Å². The highest BCUT2D eigenvalue weighted by molar-refractivity contribution is 5.54. The first kappa shape index (κ1) is 20.2. The predicted octanol–water partition coefficient (Wildman–Crippen LogP) is 4.59. The van der Waals surface area contributed by atoms with Crippen LogP contribution in [0.3, 0.4) is 0 Å². The average Bonchev–Trinajstić information content (AvgIpc) is 3.36. The van der Waals surface area contributed by atoms with Crippen molar-refractivity contribution in [3.63, 3.8) is 0 Å². The summed E-state index contributed by atoms with van der Waals surface area (Å²) < 4.78 is 0. The maximum absolute atomic E-state index is 10.6. The molecule has 1 atom stereocenters. The SMILES string of the molecule is OC1CCN(C(c2ccccc2)(c2ccccc2)c2ccccc2)C(=Cc2ncn[nH]2)C1. The van der Waals surface area contributed by atoms with Gasteiger partial charge in [-0.1, -0.05) is 91.0 Å². The summed E-state index contributed by atoms with van der Waals surface area (Å²) in [4.78, 5) is 6.75. The van der Waals surface area contributed by atoms with E-state index in [1.807, 2.05) is 6.08 Å². The van der Waals surface area contributed by atoms with E-state index in [1.165, 1.54) is 23.0 Å². The van der Waals surface area contributed by atoms with Crippen LogP contribution in [-0.2, 0) is 5.54 Å². The fourth-order valence-electron chi connectivity index (χ4n) is 4.84. The lowest BCUT2D eigenvalue weighted by molar-refractivity contribution is 0.0804. The Bertz CT molecular complexity index is 1060. The molecule has 1 aliphatic rings. The molecule has 1 aliphatic heterocycles. The Hall–Kier alpha value is -3.70. The van der Waals surface area contributed by atoms with Gasteiger partial charge in [0.05, 0.1) is 6.10 Å². The van der Waals surface area contributed by atoms with Crippen LogP contribution in [0, 0.1) is 0 Å². The van der Waals surface area contributed by atoms with Crippen LogP contribution in [0.4, 0.5) is 0 Å². The molecule has 0 bridgehead atoms. The van der Waals surface area contributed by atoms with Crippen molar-refractivity contribution in [2.24, 2.45) is 0 Å². The molecule has 0 radical (unpaired) electrons. The maximum Gasteiger partial charge on any atom is 0.149 e. The summed E-state index contributed by atoms with van der Waals surface area (Å²) in [5.74, 6) is 0.683. The Morgan fingerprint density at radius 1 is 0.844 bits per heavy atom. The second-order valence-electron chi connectivity index (χ2n) is 8.11. The van der Waals surface area contributed by atoms with Crippen LogP contribution in [-0.4, -0.2) is 37.8 Å². The van der Waals surface area contributed by atoms with Gasteiger partial charge in [0, 0.05) is 24.7 Å². The van der Waals surface area contributed by atoms with Gasteiger partial charge in [0.15, 0.2) is 0 Å². The smallest absolute Gasteiger partial charge is 0.149 e. The summed E-state index contributed by atoms with van der Waals surface area (Å²) in [5.41, 5.74) is 4.00. The van der Waals surface area contributed by atoms with Crippen molar-refractivity contribution in [2.45, 2.75) is 24.5 Å². The zero-order valence-corrected chi connectivity index (χ0v) is 17.8. The van der Waals surface area contributed by atoms with Crippen molar-refractivity contribution in [2.75, 3.05) is 6.54 Å². The van der Waals surface area contributed by atoms with Crippen molar-refractivity contribution in [1.82, 2.24) is 20.1 Å². The molecule has 1 aromatic heterocycles. The number of piperidine rings is 1. The number of hydrogen-bond donors (Lipinski definition) is 2. The number of H-pyrrole nitrogens is 1. The zero-order chi connectivity index (χ0) is 21.8. The molecule has 0 spiro atoms. The van der Waals surface area contributed by atoms with Gasteiger partial charge in [-0.25, -0.2) is 4.98 Å². The van der Waals surface area contributed by atoms with Crippen LogP contribution in [0.2, 0.25) is 0 Å². The number of rotatable bonds is 5. The van der Waals surface area contributed by atoms with Crippen molar-refractivity contribution >= 4 is 6.08 Å². The van der Waals surface area contributed by atoms with Crippen LogP contribution in [0.1, 0.15) is 35.4 Å². The molecule has 1 unspecified atom stereocenters. The number of hydrogen-bond acceptors (Lipinski definition) is 4. The normalized spacial score (nSPS) is 18.1. The Morgan fingerprint density at radius 2 is 1.38 bits per heavy atom. The molecule has 32 heavy (non-hydrogen) atoms. The summed E-state index contributed by atoms with van der Waals surface area (Å²) in [7, 11) is 0. The summed E-state index contributed by atoms with van der Waals surface area (Å²) in [5, 5.41) is 17.5. The van der Waals surface area contributed by atoms with Crippen LogP contribution in [0.5, 0.6) is 0 Å². The first-order valence-corrected chi connectivity index (χ1v) is 11.0. The van der Waals surface area contributed by atoms with Crippen molar-refractivity contribution in [3.05, 3.63) is 126 Å². The minimum Gasteiger partial charge on any atom is -0.393 e. The van der Waals surface area contributed by atoms with E-state index in [1.54, 1.807) is 0 Å². The molecule has 0 amide bonds. The monoisotopic (exact) mass is 422 g/mol. The quantitative estimate of drug-likeness (QED) is 0.462. The van der Waals surface area contributed by atoms with Gasteiger partial charge in [0.1, 0.15) is 17.7 Å². The van der Waals surface area contributed by atoms with Gasteiger partial charge in [0.25, 0.3) is 0 Å². The van der Waals surface area contributed by atoms with Gasteiger partial charge >= 0.3 is 0 Å². The third-order valence-electron chi connectivity index (χ3n) is 6.19. The molecule has 3 aromatic carbocycles. The molecule has 0 aliphatic carbocycles. The van der Waals surface area contributed by atoms with Crippen molar-refractivity contribution < 1.29 is 5.11 Å². The first-order chi connectivity index (χ1) is 15.8. The third-order valence-corrected chi connectivity index (χ3v) is 6.19. The average molecular weight is 423 g/mol. The Balaban J connectivity index is 1.81. The lowest BCUT2D eigenvalue weighted by atomic mass is 9.74. The van der Waals surface area contributed by atoms with Gasteiger partial charge in [-0.3, -0.25) is 5.10 Å². The second-order valence-corrected chi connectivity index (χ2v) is 8.11. The molecule has 0 saturated carbocycles. The number of aliphatic hydroxyl groups is 1. The zero-order valence-electron chi connectivity index (χ0n) is 17.8. The van der Waals surface area contributed by atoms with Gasteiger partial charge in [-0.15, -0.1) is 0 Å². The largest absolute Gasteiger partial charge is 0.393 e. The Morgan fingerprint density at radius 3 is 1.84 bits per heavy atom. The number of likely N-dealkylation sites (tertiary alicyclic amines) is 1. The maximum atomic E-state index is 10.6. The Labute approximate surface area is 188 Å². The number of aliphatic hydroxyl groups excluding tert-OH is 1. The van der Waals surface area contributed by atoms with Crippen LogP contribution < -0.4 is 0 Å². The number of nitrogens with one attached hydrogen (secondary N) is 1. The van der Waals surface area contributed by atoms with E-state index in [0.29, 0.717) is 25.2 Å². The molecule has 1 fully saturated rings. The second kappa shape index (κ2) is 8.81. The summed E-state index contributed by atoms with van der Waals surface area (Å²) in [6.07, 6.45) is 4.38. The minimum atomic E-state index is -0.560. The molecule has 5 nitrogen and oxygen atoms in total. The van der Waals surface area contributed by atoms with Crippen LogP contribution in [0.15, 0.2) is 103 Å². The topological polar surface area (TPSA) is 65.0 Å². The predicted molar refractivity (Wildman–Crippen MR) is 126 cm³/mol. The van der Waals surface area contributed by atoms with Gasteiger partial charge in [-0.2, -0.15) is 5.10 Å². The van der Waals surface area contributed by atoms with Gasteiger partial charge in [-0.05, 0) is 23.1 Å². The van der Waals surface area contributed by atoms with E-state index in [4.69, 9.17) is 0 Å². The standard InChI is InChI=1S/C27H26N4O/c32-25-16-17-31(24(18-25)19-26-28-20-29-30-26)27(21-10-4-1-5-11-21,22-12-6-2-7-13-22)23-14-8-3-9-15-23/h1-15,19-20,25,32H,16-18H2,(H,28,29,30). The fourth-order valence-corrected chi connectivity index (χ4v) is 4.84. The molecule has 160 valence electrons. The molecule has 2 heterocycles. The Kier molecular flexibility index (Phi) is 5.57. The van der Waals surface area contributed by atoms with Crippen LogP contribution in [0.25, 0.3) is 6.08 Å². The van der Waals surface area contributed by atoms with E-state index in [2.05, 4.69) is 111 Å². The number of benzene rings is 3. The van der Waals surface area contributed by atoms with E-state index in [-0.39, 0.29) is 6.10 Å². The number of aromatic nitrogens is 3. The summed E-state index contributed by atoms with van der Waals surface area (Å²) >= 11 is 0. The van der Waals surface area contributed by atoms with Crippen LogP contribution >= 0.6 is 0 Å². The summed E-state index contributed by atoms with van der Waals surface area (Å²) in [6.45, 7) is 0.708. The molecule has 4 aromatic rings. The fraction of sp³-hybridized carbons (Fsp3) is 0.185.